The molecule has 1 saturated carbocycles. The summed E-state index contributed by atoms with van der Waals surface area (Å²) < 4.78 is 2.00. The van der Waals surface area contributed by atoms with Gasteiger partial charge in [-0.25, -0.2) is 4.98 Å². The summed E-state index contributed by atoms with van der Waals surface area (Å²) in [6.45, 7) is 1.50. The molecule has 2 aromatic rings. The molecule has 0 spiro atoms. The van der Waals surface area contributed by atoms with Crippen LogP contribution in [0.15, 0.2) is 43.0 Å². The van der Waals surface area contributed by atoms with Crippen molar-refractivity contribution in [1.29, 1.82) is 0 Å². The van der Waals surface area contributed by atoms with Gasteiger partial charge in [0.1, 0.15) is 0 Å². The normalized spacial score (nSPS) is 24.7. The summed E-state index contributed by atoms with van der Waals surface area (Å²) in [5.41, 5.74) is 1.67. The van der Waals surface area contributed by atoms with Crippen LogP contribution in [0.1, 0.15) is 31.2 Å². The van der Waals surface area contributed by atoms with Crippen molar-refractivity contribution in [3.05, 3.63) is 48.5 Å². The van der Waals surface area contributed by atoms with E-state index >= 15 is 0 Å². The minimum Gasteiger partial charge on any atom is -0.391 e. The molecule has 2 heterocycles. The maximum atomic E-state index is 12.6. The van der Waals surface area contributed by atoms with Crippen molar-refractivity contribution >= 4 is 17.5 Å². The van der Waals surface area contributed by atoms with Crippen LogP contribution in [0.25, 0.3) is 0 Å². The molecule has 1 aliphatic carbocycles. The topological polar surface area (TPSA) is 87.5 Å². The number of benzene rings is 1. The molecule has 2 fully saturated rings. The van der Waals surface area contributed by atoms with Gasteiger partial charge >= 0.3 is 0 Å². The number of nitrogens with zero attached hydrogens (tertiary/aromatic N) is 3. The van der Waals surface area contributed by atoms with Crippen LogP contribution in [0.4, 0.5) is 5.69 Å². The molecule has 2 amide bonds. The first-order valence-electron chi connectivity index (χ1n) is 9.91. The quantitative estimate of drug-likeness (QED) is 0.793. The number of hydrogen-bond donors (Lipinski definition) is 2. The zero-order valence-corrected chi connectivity index (χ0v) is 15.8. The van der Waals surface area contributed by atoms with Crippen LogP contribution in [0.5, 0.6) is 0 Å². The van der Waals surface area contributed by atoms with Gasteiger partial charge in [-0.3, -0.25) is 9.59 Å². The number of aromatic nitrogens is 2. The van der Waals surface area contributed by atoms with Gasteiger partial charge in [0.2, 0.25) is 11.8 Å². The molecule has 0 bridgehead atoms. The number of amides is 2. The Kier molecular flexibility index (Phi) is 5.43. The smallest absolute Gasteiger partial charge is 0.227 e. The lowest BCUT2D eigenvalue weighted by atomic mass is 10.1. The third kappa shape index (κ3) is 4.09. The molecule has 1 aromatic carbocycles. The van der Waals surface area contributed by atoms with Crippen molar-refractivity contribution in [2.24, 2.45) is 5.92 Å². The van der Waals surface area contributed by atoms with Crippen LogP contribution < -0.4 is 10.2 Å². The number of imidazole rings is 1. The summed E-state index contributed by atoms with van der Waals surface area (Å²) in [7, 11) is 0. The van der Waals surface area contributed by atoms with Gasteiger partial charge < -0.3 is 19.9 Å². The molecule has 2 aliphatic rings. The third-order valence-electron chi connectivity index (χ3n) is 5.71. The second kappa shape index (κ2) is 8.14. The Bertz CT molecular complexity index is 836. The standard InChI is InChI=1S/C21H26N4O3/c26-19-11-15(13-24-9-7-22-14-24)10-17(19)23-20(27)12-16-4-1-2-5-18(16)25-8-3-6-21(25)28/h1-2,4-5,7,9,14-15,17,19,26H,3,6,8,10-13H2,(H,23,27)/t15?,17-,19-/m1/s1. The molecule has 1 unspecified atom stereocenters. The first-order chi connectivity index (χ1) is 13.6. The molecule has 7 heteroatoms. The predicted molar refractivity (Wildman–Crippen MR) is 105 cm³/mol. The van der Waals surface area contributed by atoms with Gasteiger partial charge in [-0.05, 0) is 36.8 Å². The fourth-order valence-corrected chi connectivity index (χ4v) is 4.37. The van der Waals surface area contributed by atoms with Crippen LogP contribution >= 0.6 is 0 Å². The number of aliphatic hydroxyl groups excluding tert-OH is 1. The number of aliphatic hydroxyl groups is 1. The van der Waals surface area contributed by atoms with Gasteiger partial charge in [0, 0.05) is 37.6 Å². The second-order valence-electron chi connectivity index (χ2n) is 7.79. The maximum absolute atomic E-state index is 12.6. The first-order valence-corrected chi connectivity index (χ1v) is 9.91. The molecular formula is C21H26N4O3. The Balaban J connectivity index is 1.36. The number of carbonyl (C=O) groups is 2. The van der Waals surface area contributed by atoms with Crippen LogP contribution in [-0.4, -0.2) is 45.2 Å². The summed E-state index contributed by atoms with van der Waals surface area (Å²) >= 11 is 0. The Morgan fingerprint density at radius 2 is 2.14 bits per heavy atom. The molecule has 28 heavy (non-hydrogen) atoms. The van der Waals surface area contributed by atoms with Crippen molar-refractivity contribution in [3.63, 3.8) is 0 Å². The van der Waals surface area contributed by atoms with E-state index in [1.54, 1.807) is 17.4 Å². The summed E-state index contributed by atoms with van der Waals surface area (Å²) in [4.78, 5) is 30.6. The summed E-state index contributed by atoms with van der Waals surface area (Å²) in [5.74, 6) is 0.303. The summed E-state index contributed by atoms with van der Waals surface area (Å²) in [6.07, 6.45) is 7.93. The minimum absolute atomic E-state index is 0.112. The summed E-state index contributed by atoms with van der Waals surface area (Å²) in [6, 6.07) is 7.34. The molecule has 7 nitrogen and oxygen atoms in total. The number of anilines is 1. The zero-order chi connectivity index (χ0) is 19.5. The van der Waals surface area contributed by atoms with Crippen molar-refractivity contribution < 1.29 is 14.7 Å². The average molecular weight is 382 g/mol. The van der Waals surface area contributed by atoms with E-state index in [2.05, 4.69) is 10.3 Å². The van der Waals surface area contributed by atoms with E-state index in [9.17, 15) is 14.7 Å². The number of carbonyl (C=O) groups excluding carboxylic acids is 2. The lowest BCUT2D eigenvalue weighted by molar-refractivity contribution is -0.122. The molecule has 1 aromatic heterocycles. The molecule has 3 atom stereocenters. The summed E-state index contributed by atoms with van der Waals surface area (Å²) in [5, 5.41) is 13.4. The van der Waals surface area contributed by atoms with Gasteiger partial charge in [-0.15, -0.1) is 0 Å². The van der Waals surface area contributed by atoms with Crippen LogP contribution in [0.3, 0.4) is 0 Å². The van der Waals surface area contributed by atoms with Crippen molar-refractivity contribution in [2.45, 2.75) is 50.8 Å². The maximum Gasteiger partial charge on any atom is 0.227 e. The lowest BCUT2D eigenvalue weighted by Crippen LogP contribution is -2.40. The highest BCUT2D eigenvalue weighted by Gasteiger charge is 2.34. The lowest BCUT2D eigenvalue weighted by Gasteiger charge is -2.21. The Hall–Kier alpha value is -2.67. The number of rotatable bonds is 6. The second-order valence-corrected chi connectivity index (χ2v) is 7.79. The Morgan fingerprint density at radius 3 is 2.89 bits per heavy atom. The van der Waals surface area contributed by atoms with Crippen LogP contribution in [-0.2, 0) is 22.6 Å². The van der Waals surface area contributed by atoms with Crippen molar-refractivity contribution in [1.82, 2.24) is 14.9 Å². The highest BCUT2D eigenvalue weighted by molar-refractivity contribution is 5.96. The van der Waals surface area contributed by atoms with Gasteiger partial charge in [0.15, 0.2) is 0 Å². The van der Waals surface area contributed by atoms with E-state index in [-0.39, 0.29) is 24.3 Å². The fourth-order valence-electron chi connectivity index (χ4n) is 4.37. The van der Waals surface area contributed by atoms with Gasteiger partial charge in [-0.1, -0.05) is 18.2 Å². The van der Waals surface area contributed by atoms with Crippen LogP contribution in [0, 0.1) is 5.92 Å². The molecule has 0 radical (unpaired) electrons. The van der Waals surface area contributed by atoms with Gasteiger partial charge in [0.05, 0.1) is 24.9 Å². The van der Waals surface area contributed by atoms with Crippen molar-refractivity contribution in [3.8, 4) is 0 Å². The Morgan fingerprint density at radius 1 is 1.29 bits per heavy atom. The molecule has 4 rings (SSSR count). The van der Waals surface area contributed by atoms with Crippen LogP contribution in [0.2, 0.25) is 0 Å². The highest BCUT2D eigenvalue weighted by atomic mass is 16.3. The molecular weight excluding hydrogens is 356 g/mol. The minimum atomic E-state index is -0.534. The SMILES string of the molecule is O=C(Cc1ccccc1N1CCCC1=O)N[C@@H]1CC(Cn2ccnc2)C[C@H]1O. The molecule has 148 valence electrons. The van der Waals surface area contributed by atoms with E-state index in [0.717, 1.165) is 30.6 Å². The molecule has 1 saturated heterocycles. The Labute approximate surface area is 164 Å². The monoisotopic (exact) mass is 382 g/mol. The first kappa shape index (κ1) is 18.7. The predicted octanol–water partition coefficient (Wildman–Crippen LogP) is 1.51. The van der Waals surface area contributed by atoms with E-state index in [0.29, 0.717) is 25.3 Å². The van der Waals surface area contributed by atoms with E-state index < -0.39 is 6.10 Å². The van der Waals surface area contributed by atoms with E-state index in [1.807, 2.05) is 35.0 Å². The van der Waals surface area contributed by atoms with E-state index in [1.165, 1.54) is 0 Å². The average Bonchev–Trinajstić information content (AvgIpc) is 3.39. The fraction of sp³-hybridized carbons (Fsp3) is 0.476. The van der Waals surface area contributed by atoms with E-state index in [4.69, 9.17) is 0 Å². The van der Waals surface area contributed by atoms with Gasteiger partial charge in [0.25, 0.3) is 0 Å². The third-order valence-corrected chi connectivity index (χ3v) is 5.71. The number of para-hydroxylation sites is 1. The number of hydrogen-bond acceptors (Lipinski definition) is 4. The molecule has 1 aliphatic heterocycles. The van der Waals surface area contributed by atoms with Gasteiger partial charge in [-0.2, -0.15) is 0 Å². The largest absolute Gasteiger partial charge is 0.391 e. The van der Waals surface area contributed by atoms with Crippen molar-refractivity contribution in [2.75, 3.05) is 11.4 Å². The zero-order valence-electron chi connectivity index (χ0n) is 15.8. The molecule has 2 N–H and O–H groups in total. The highest BCUT2D eigenvalue weighted by Crippen LogP contribution is 2.29. The number of nitrogens with one attached hydrogen (secondary N) is 1.